The molecular weight excluding hydrogens is 138 g/mol. The molecule has 0 aliphatic rings. The van der Waals surface area contributed by atoms with Crippen LogP contribution >= 0.6 is 0 Å². The van der Waals surface area contributed by atoms with Crippen LogP contribution in [-0.2, 0) is 0 Å². The van der Waals surface area contributed by atoms with Crippen molar-refractivity contribution in [2.24, 2.45) is 0 Å². The zero-order chi connectivity index (χ0) is 8.27. The summed E-state index contributed by atoms with van der Waals surface area (Å²) >= 11 is 0. The van der Waals surface area contributed by atoms with Gasteiger partial charge in [0.15, 0.2) is 5.69 Å². The third-order valence-electron chi connectivity index (χ3n) is 1.46. The van der Waals surface area contributed by atoms with Crippen molar-refractivity contribution < 1.29 is 0 Å². The van der Waals surface area contributed by atoms with Gasteiger partial charge in [-0.1, -0.05) is 13.8 Å². The molecule has 0 radical (unpaired) electrons. The number of aromatic nitrogens is 2. The average Bonchev–Trinajstić information content (AvgIpc) is 2.05. The van der Waals surface area contributed by atoms with Crippen molar-refractivity contribution in [3.8, 4) is 6.07 Å². The van der Waals surface area contributed by atoms with E-state index in [1.165, 1.54) is 0 Å². The van der Waals surface area contributed by atoms with E-state index in [2.05, 4.69) is 24.0 Å². The molecule has 56 valence electrons. The highest BCUT2D eigenvalue weighted by molar-refractivity contribution is 5.24. The van der Waals surface area contributed by atoms with E-state index in [1.54, 1.807) is 12.3 Å². The van der Waals surface area contributed by atoms with Gasteiger partial charge in [-0.25, -0.2) is 0 Å². The maximum atomic E-state index is 8.49. The second-order valence-corrected chi connectivity index (χ2v) is 2.64. The maximum Gasteiger partial charge on any atom is 0.163 e. The Morgan fingerprint density at radius 2 is 2.27 bits per heavy atom. The summed E-state index contributed by atoms with van der Waals surface area (Å²) in [5.74, 6) is 0.401. The van der Waals surface area contributed by atoms with Crippen LogP contribution in [0.25, 0.3) is 0 Å². The third kappa shape index (κ3) is 1.74. The minimum absolute atomic E-state index is 0.385. The maximum absolute atomic E-state index is 8.49. The molecule has 0 aliphatic carbocycles. The highest BCUT2D eigenvalue weighted by Crippen LogP contribution is 2.11. The standard InChI is InChI=1S/C8H9N3/c1-6(2)7-3-8(4-9)11-10-5-7/h3,5-6H,1-2H3. The summed E-state index contributed by atoms with van der Waals surface area (Å²) in [6, 6.07) is 3.71. The van der Waals surface area contributed by atoms with Gasteiger partial charge in [0, 0.05) is 0 Å². The molecular formula is C8H9N3. The van der Waals surface area contributed by atoms with Gasteiger partial charge < -0.3 is 0 Å². The van der Waals surface area contributed by atoms with Crippen LogP contribution in [0.2, 0.25) is 0 Å². The Morgan fingerprint density at radius 3 is 2.82 bits per heavy atom. The zero-order valence-corrected chi connectivity index (χ0v) is 6.57. The summed E-state index contributed by atoms with van der Waals surface area (Å²) in [7, 11) is 0. The molecule has 1 aromatic heterocycles. The Hall–Kier alpha value is -1.43. The SMILES string of the molecule is CC(C)c1cnnc(C#N)c1. The lowest BCUT2D eigenvalue weighted by molar-refractivity contribution is 0.837. The molecule has 3 heteroatoms. The fourth-order valence-corrected chi connectivity index (χ4v) is 0.752. The van der Waals surface area contributed by atoms with Crippen LogP contribution in [0.3, 0.4) is 0 Å². The van der Waals surface area contributed by atoms with Crippen LogP contribution in [0.4, 0.5) is 0 Å². The molecule has 0 saturated carbocycles. The average molecular weight is 147 g/mol. The molecule has 0 unspecified atom stereocenters. The van der Waals surface area contributed by atoms with E-state index in [9.17, 15) is 0 Å². The van der Waals surface area contributed by atoms with Gasteiger partial charge in [-0.2, -0.15) is 10.4 Å². The Labute approximate surface area is 65.7 Å². The molecule has 0 aliphatic heterocycles. The van der Waals surface area contributed by atoms with Gasteiger partial charge in [0.1, 0.15) is 6.07 Å². The van der Waals surface area contributed by atoms with Crippen LogP contribution < -0.4 is 0 Å². The lowest BCUT2D eigenvalue weighted by Gasteiger charge is -2.01. The summed E-state index contributed by atoms with van der Waals surface area (Å²) in [5.41, 5.74) is 1.44. The van der Waals surface area contributed by atoms with E-state index in [0.29, 0.717) is 11.6 Å². The first kappa shape index (κ1) is 7.67. The highest BCUT2D eigenvalue weighted by atomic mass is 15.1. The Morgan fingerprint density at radius 1 is 1.55 bits per heavy atom. The van der Waals surface area contributed by atoms with Gasteiger partial charge in [0.2, 0.25) is 0 Å². The van der Waals surface area contributed by atoms with E-state index in [0.717, 1.165) is 5.56 Å². The molecule has 0 bridgehead atoms. The Kier molecular flexibility index (Phi) is 2.17. The minimum atomic E-state index is 0.385. The van der Waals surface area contributed by atoms with Crippen LogP contribution in [0.5, 0.6) is 0 Å². The number of nitriles is 1. The molecule has 0 fully saturated rings. The monoisotopic (exact) mass is 147 g/mol. The summed E-state index contributed by atoms with van der Waals surface area (Å²) in [6.45, 7) is 4.11. The van der Waals surface area contributed by atoms with Crippen LogP contribution in [0, 0.1) is 11.3 Å². The smallest absolute Gasteiger partial charge is 0.163 e. The predicted octanol–water partition coefficient (Wildman–Crippen LogP) is 1.47. The van der Waals surface area contributed by atoms with Crippen molar-refractivity contribution in [3.63, 3.8) is 0 Å². The van der Waals surface area contributed by atoms with E-state index < -0.39 is 0 Å². The minimum Gasteiger partial charge on any atom is -0.191 e. The largest absolute Gasteiger partial charge is 0.191 e. The van der Waals surface area contributed by atoms with Gasteiger partial charge in [-0.15, -0.1) is 5.10 Å². The van der Waals surface area contributed by atoms with Crippen LogP contribution in [0.1, 0.15) is 31.0 Å². The zero-order valence-electron chi connectivity index (χ0n) is 6.57. The first-order chi connectivity index (χ1) is 5.24. The normalized spacial score (nSPS) is 9.64. The summed E-state index contributed by atoms with van der Waals surface area (Å²) in [4.78, 5) is 0. The molecule has 1 rings (SSSR count). The van der Waals surface area contributed by atoms with Gasteiger partial charge in [0.05, 0.1) is 6.20 Å². The van der Waals surface area contributed by atoms with Gasteiger partial charge in [-0.05, 0) is 17.5 Å². The lowest BCUT2D eigenvalue weighted by atomic mass is 10.1. The van der Waals surface area contributed by atoms with E-state index >= 15 is 0 Å². The van der Waals surface area contributed by atoms with Crippen LogP contribution in [0.15, 0.2) is 12.3 Å². The van der Waals surface area contributed by atoms with Gasteiger partial charge >= 0.3 is 0 Å². The van der Waals surface area contributed by atoms with Crippen molar-refractivity contribution in [3.05, 3.63) is 23.5 Å². The van der Waals surface area contributed by atoms with E-state index in [1.807, 2.05) is 6.07 Å². The molecule has 0 N–H and O–H groups in total. The summed E-state index contributed by atoms with van der Waals surface area (Å²) in [6.07, 6.45) is 1.69. The molecule has 0 saturated heterocycles. The highest BCUT2D eigenvalue weighted by Gasteiger charge is 2.00. The second-order valence-electron chi connectivity index (χ2n) is 2.64. The predicted molar refractivity (Wildman–Crippen MR) is 40.8 cm³/mol. The molecule has 0 atom stereocenters. The number of hydrogen-bond donors (Lipinski definition) is 0. The molecule has 1 aromatic rings. The Bertz CT molecular complexity index is 286. The summed E-state index contributed by atoms with van der Waals surface area (Å²) in [5, 5.41) is 15.8. The lowest BCUT2D eigenvalue weighted by Crippen LogP contribution is -1.93. The van der Waals surface area contributed by atoms with Crippen molar-refractivity contribution in [2.75, 3.05) is 0 Å². The molecule has 1 heterocycles. The molecule has 0 amide bonds. The first-order valence-corrected chi connectivity index (χ1v) is 3.46. The third-order valence-corrected chi connectivity index (χ3v) is 1.46. The van der Waals surface area contributed by atoms with Gasteiger partial charge in [-0.3, -0.25) is 0 Å². The quantitative estimate of drug-likeness (QED) is 0.604. The van der Waals surface area contributed by atoms with E-state index in [4.69, 9.17) is 5.26 Å². The molecule has 11 heavy (non-hydrogen) atoms. The molecule has 0 spiro atoms. The topological polar surface area (TPSA) is 49.6 Å². The summed E-state index contributed by atoms with van der Waals surface area (Å²) < 4.78 is 0. The second kappa shape index (κ2) is 3.11. The Balaban J connectivity index is 3.03. The van der Waals surface area contributed by atoms with Crippen molar-refractivity contribution >= 4 is 0 Å². The number of nitrogens with zero attached hydrogens (tertiary/aromatic N) is 3. The van der Waals surface area contributed by atoms with E-state index in [-0.39, 0.29) is 0 Å². The molecule has 0 aromatic carbocycles. The van der Waals surface area contributed by atoms with Crippen molar-refractivity contribution in [1.82, 2.24) is 10.2 Å². The van der Waals surface area contributed by atoms with Crippen molar-refractivity contribution in [2.45, 2.75) is 19.8 Å². The molecule has 3 nitrogen and oxygen atoms in total. The van der Waals surface area contributed by atoms with Gasteiger partial charge in [0.25, 0.3) is 0 Å². The number of rotatable bonds is 1. The fourth-order valence-electron chi connectivity index (χ4n) is 0.752. The van der Waals surface area contributed by atoms with Crippen molar-refractivity contribution in [1.29, 1.82) is 5.26 Å². The fraction of sp³-hybridized carbons (Fsp3) is 0.375. The van der Waals surface area contributed by atoms with Crippen LogP contribution in [-0.4, -0.2) is 10.2 Å². The number of hydrogen-bond acceptors (Lipinski definition) is 3. The first-order valence-electron chi connectivity index (χ1n) is 3.46.